The van der Waals surface area contributed by atoms with E-state index in [1.165, 1.54) is 0 Å². The summed E-state index contributed by atoms with van der Waals surface area (Å²) in [6.45, 7) is 2.02. The Morgan fingerprint density at radius 1 is 1.28 bits per heavy atom. The van der Waals surface area contributed by atoms with Crippen LogP contribution in [0, 0.1) is 0 Å². The van der Waals surface area contributed by atoms with E-state index in [1.54, 1.807) is 0 Å². The van der Waals surface area contributed by atoms with E-state index >= 15 is 0 Å². The molecule has 2 heterocycles. The van der Waals surface area contributed by atoms with Gasteiger partial charge in [0.2, 0.25) is 0 Å². The van der Waals surface area contributed by atoms with Crippen LogP contribution < -0.4 is 10.2 Å². The van der Waals surface area contributed by atoms with Crippen LogP contribution in [0.1, 0.15) is 12.8 Å². The summed E-state index contributed by atoms with van der Waals surface area (Å²) in [6.07, 6.45) is 2.30. The van der Waals surface area contributed by atoms with Crippen molar-refractivity contribution in [1.29, 1.82) is 0 Å². The van der Waals surface area contributed by atoms with E-state index in [9.17, 15) is 0 Å². The molecule has 0 amide bonds. The minimum absolute atomic E-state index is 0. The Kier molecular flexibility index (Phi) is 4.09. The number of aromatic nitrogens is 1. The molecule has 0 saturated carbocycles. The molecule has 1 saturated heterocycles. The summed E-state index contributed by atoms with van der Waals surface area (Å²) < 4.78 is 5.77. The van der Waals surface area contributed by atoms with Gasteiger partial charge in [-0.15, -0.1) is 12.4 Å². The fraction of sp³-hybridized carbons (Fsp3) is 0.462. The zero-order chi connectivity index (χ0) is 11.7. The normalized spacial score (nSPS) is 16.8. The van der Waals surface area contributed by atoms with E-state index in [4.69, 9.17) is 4.42 Å². The van der Waals surface area contributed by atoms with Gasteiger partial charge in [-0.05, 0) is 32.0 Å². The Hall–Kier alpha value is -1.26. The maximum Gasteiger partial charge on any atom is 0.298 e. The number of nitrogens with zero attached hydrogens (tertiary/aromatic N) is 2. The molecule has 3 rings (SSSR count). The van der Waals surface area contributed by atoms with Crippen LogP contribution >= 0.6 is 12.4 Å². The summed E-state index contributed by atoms with van der Waals surface area (Å²) in [5, 5.41) is 3.32. The molecule has 0 radical (unpaired) electrons. The molecule has 18 heavy (non-hydrogen) atoms. The highest BCUT2D eigenvalue weighted by atomic mass is 35.5. The summed E-state index contributed by atoms with van der Waals surface area (Å²) in [6, 6.07) is 9.32. The number of halogens is 1. The largest absolute Gasteiger partial charge is 0.423 e. The summed E-state index contributed by atoms with van der Waals surface area (Å²) in [4.78, 5) is 6.76. The first-order chi connectivity index (χ1) is 8.36. The summed E-state index contributed by atoms with van der Waals surface area (Å²) >= 11 is 0. The van der Waals surface area contributed by atoms with Crippen molar-refractivity contribution in [2.24, 2.45) is 0 Å². The molecule has 98 valence electrons. The van der Waals surface area contributed by atoms with Gasteiger partial charge in [0.25, 0.3) is 6.01 Å². The third-order valence-corrected chi connectivity index (χ3v) is 3.46. The number of rotatable bonds is 2. The lowest BCUT2D eigenvalue weighted by Crippen LogP contribution is -2.41. The summed E-state index contributed by atoms with van der Waals surface area (Å²) in [5.41, 5.74) is 1.82. The highest BCUT2D eigenvalue weighted by Crippen LogP contribution is 2.24. The van der Waals surface area contributed by atoms with Crippen molar-refractivity contribution in [2.75, 3.05) is 25.0 Å². The second-order valence-electron chi connectivity index (χ2n) is 4.51. The standard InChI is InChI=1S/C13H17N3O.ClH/c1-14-10-6-8-16(9-7-10)13-15-11-4-2-3-5-12(11)17-13;/h2-5,10,14H,6-9H2,1H3;1H. The lowest BCUT2D eigenvalue weighted by Gasteiger charge is -2.30. The molecule has 4 nitrogen and oxygen atoms in total. The number of piperidine rings is 1. The van der Waals surface area contributed by atoms with Crippen LogP contribution in [0.4, 0.5) is 6.01 Å². The van der Waals surface area contributed by atoms with Gasteiger partial charge in [0, 0.05) is 19.1 Å². The van der Waals surface area contributed by atoms with E-state index in [0.717, 1.165) is 43.0 Å². The van der Waals surface area contributed by atoms with Gasteiger partial charge in [-0.3, -0.25) is 0 Å². The highest BCUT2D eigenvalue weighted by Gasteiger charge is 2.21. The van der Waals surface area contributed by atoms with Crippen molar-refractivity contribution in [3.8, 4) is 0 Å². The Labute approximate surface area is 113 Å². The van der Waals surface area contributed by atoms with Crippen molar-refractivity contribution in [2.45, 2.75) is 18.9 Å². The van der Waals surface area contributed by atoms with Crippen LogP contribution in [0.25, 0.3) is 11.1 Å². The summed E-state index contributed by atoms with van der Waals surface area (Å²) in [7, 11) is 2.03. The number of hydrogen-bond acceptors (Lipinski definition) is 4. The van der Waals surface area contributed by atoms with Crippen LogP contribution in [0.5, 0.6) is 0 Å². The average molecular weight is 268 g/mol. The van der Waals surface area contributed by atoms with Gasteiger partial charge in [-0.25, -0.2) is 0 Å². The molecule has 1 fully saturated rings. The Morgan fingerprint density at radius 3 is 2.67 bits per heavy atom. The number of hydrogen-bond donors (Lipinski definition) is 1. The zero-order valence-electron chi connectivity index (χ0n) is 10.4. The molecule has 0 unspecified atom stereocenters. The van der Waals surface area contributed by atoms with Crippen molar-refractivity contribution in [3.63, 3.8) is 0 Å². The Balaban J connectivity index is 0.00000120. The van der Waals surface area contributed by atoms with Crippen LogP contribution in [0.15, 0.2) is 28.7 Å². The topological polar surface area (TPSA) is 41.3 Å². The predicted molar refractivity (Wildman–Crippen MR) is 75.6 cm³/mol. The van der Waals surface area contributed by atoms with E-state index in [2.05, 4.69) is 15.2 Å². The molecule has 5 heteroatoms. The van der Waals surface area contributed by atoms with E-state index in [-0.39, 0.29) is 12.4 Å². The molecule has 0 atom stereocenters. The fourth-order valence-corrected chi connectivity index (χ4v) is 2.35. The molecule has 1 aromatic heterocycles. The molecular formula is C13H18ClN3O. The van der Waals surface area contributed by atoms with Gasteiger partial charge in [0.05, 0.1) is 0 Å². The van der Waals surface area contributed by atoms with E-state index in [1.807, 2.05) is 31.3 Å². The maximum atomic E-state index is 5.77. The van der Waals surface area contributed by atoms with Gasteiger partial charge >= 0.3 is 0 Å². The summed E-state index contributed by atoms with van der Waals surface area (Å²) in [5.74, 6) is 0. The lowest BCUT2D eigenvalue weighted by atomic mass is 10.1. The molecule has 0 spiro atoms. The lowest BCUT2D eigenvalue weighted by molar-refractivity contribution is 0.423. The molecule has 0 bridgehead atoms. The first-order valence-electron chi connectivity index (χ1n) is 6.14. The zero-order valence-corrected chi connectivity index (χ0v) is 11.2. The van der Waals surface area contributed by atoms with Crippen molar-refractivity contribution in [1.82, 2.24) is 10.3 Å². The SMILES string of the molecule is CNC1CCN(c2nc3ccccc3o2)CC1.Cl. The number of oxazole rings is 1. The minimum Gasteiger partial charge on any atom is -0.423 e. The Morgan fingerprint density at radius 2 is 2.00 bits per heavy atom. The second-order valence-corrected chi connectivity index (χ2v) is 4.51. The van der Waals surface area contributed by atoms with Gasteiger partial charge in [-0.1, -0.05) is 12.1 Å². The number of anilines is 1. The smallest absolute Gasteiger partial charge is 0.298 e. The average Bonchev–Trinajstić information content (AvgIpc) is 2.82. The molecular weight excluding hydrogens is 250 g/mol. The Bertz CT molecular complexity index is 473. The number of para-hydroxylation sites is 2. The van der Waals surface area contributed by atoms with Crippen LogP contribution in [-0.2, 0) is 0 Å². The second kappa shape index (κ2) is 5.59. The fourth-order valence-electron chi connectivity index (χ4n) is 2.35. The number of benzene rings is 1. The first kappa shape index (κ1) is 13.2. The monoisotopic (exact) mass is 267 g/mol. The van der Waals surface area contributed by atoms with Gasteiger partial charge < -0.3 is 14.6 Å². The molecule has 2 aromatic rings. The van der Waals surface area contributed by atoms with Crippen molar-refractivity contribution in [3.05, 3.63) is 24.3 Å². The van der Waals surface area contributed by atoms with Gasteiger partial charge in [-0.2, -0.15) is 4.98 Å². The third kappa shape index (κ3) is 2.44. The van der Waals surface area contributed by atoms with Crippen LogP contribution in [0.3, 0.4) is 0 Å². The molecule has 1 aliphatic heterocycles. The van der Waals surface area contributed by atoms with Crippen LogP contribution in [-0.4, -0.2) is 31.2 Å². The molecule has 1 N–H and O–H groups in total. The predicted octanol–water partition coefficient (Wildman–Crippen LogP) is 2.44. The first-order valence-corrected chi connectivity index (χ1v) is 6.14. The quantitative estimate of drug-likeness (QED) is 0.907. The van der Waals surface area contributed by atoms with E-state index in [0.29, 0.717) is 6.04 Å². The minimum atomic E-state index is 0. The van der Waals surface area contributed by atoms with Crippen molar-refractivity contribution < 1.29 is 4.42 Å². The molecule has 1 aliphatic rings. The number of fused-ring (bicyclic) bond motifs is 1. The molecule has 0 aliphatic carbocycles. The van der Waals surface area contributed by atoms with Gasteiger partial charge in [0.15, 0.2) is 5.58 Å². The maximum absolute atomic E-state index is 5.77. The number of nitrogens with one attached hydrogen (secondary N) is 1. The van der Waals surface area contributed by atoms with Crippen LogP contribution in [0.2, 0.25) is 0 Å². The van der Waals surface area contributed by atoms with E-state index < -0.39 is 0 Å². The highest BCUT2D eigenvalue weighted by molar-refractivity contribution is 5.85. The van der Waals surface area contributed by atoms with Gasteiger partial charge in [0.1, 0.15) is 5.52 Å². The molecule has 1 aromatic carbocycles. The third-order valence-electron chi connectivity index (χ3n) is 3.46. The van der Waals surface area contributed by atoms with Crippen molar-refractivity contribution >= 4 is 29.5 Å².